The highest BCUT2D eigenvalue weighted by Crippen LogP contribution is 2.26. The number of hydrogen-bond acceptors (Lipinski definition) is 1. The minimum atomic E-state index is -0.722. The van der Waals surface area contributed by atoms with Gasteiger partial charge in [0.2, 0.25) is 0 Å². The molecule has 4 rings (SSSR count). The van der Waals surface area contributed by atoms with E-state index >= 15 is 0 Å². The highest BCUT2D eigenvalue weighted by Gasteiger charge is 2.11. The summed E-state index contributed by atoms with van der Waals surface area (Å²) in [5.41, 5.74) is 1.43. The molecule has 0 bridgehead atoms. The molecule has 0 N–H and O–H groups in total. The molecular weight excluding hydrogens is 421 g/mol. The van der Waals surface area contributed by atoms with E-state index in [4.69, 9.17) is 4.74 Å². The zero-order valence-electron chi connectivity index (χ0n) is 18.3. The summed E-state index contributed by atoms with van der Waals surface area (Å²) in [4.78, 5) is 0. The Morgan fingerprint density at radius 1 is 0.697 bits per heavy atom. The second kappa shape index (κ2) is 10.3. The molecule has 0 aromatic heterocycles. The van der Waals surface area contributed by atoms with Crippen LogP contribution in [0.15, 0.2) is 72.8 Å². The van der Waals surface area contributed by atoms with Crippen molar-refractivity contribution in [3.8, 4) is 28.7 Å². The number of unbranched alkanes of at least 4 members (excludes halogenated alkanes) is 2. The topological polar surface area (TPSA) is 9.23 Å². The summed E-state index contributed by atoms with van der Waals surface area (Å²) in [6.45, 7) is 2.79. The first-order valence-electron chi connectivity index (χ1n) is 11.0. The molecule has 0 aliphatic heterocycles. The van der Waals surface area contributed by atoms with Crippen molar-refractivity contribution in [2.45, 2.75) is 26.2 Å². The Morgan fingerprint density at radius 3 is 2.12 bits per heavy atom. The van der Waals surface area contributed by atoms with Gasteiger partial charge in [0.05, 0.1) is 12.2 Å². The van der Waals surface area contributed by atoms with Crippen molar-refractivity contribution in [2.75, 3.05) is 6.61 Å². The maximum atomic E-state index is 14.7. The second-order valence-corrected chi connectivity index (χ2v) is 7.85. The third-order valence-electron chi connectivity index (χ3n) is 5.38. The Balaban J connectivity index is 1.53. The zero-order valence-corrected chi connectivity index (χ0v) is 18.3. The number of halogens is 3. The van der Waals surface area contributed by atoms with E-state index in [-0.39, 0.29) is 11.4 Å². The van der Waals surface area contributed by atoms with Crippen LogP contribution in [-0.2, 0) is 0 Å². The van der Waals surface area contributed by atoms with Crippen LogP contribution in [0.3, 0.4) is 0 Å². The molecule has 166 valence electrons. The highest BCUT2D eigenvalue weighted by atomic mass is 19.1. The maximum absolute atomic E-state index is 14.7. The van der Waals surface area contributed by atoms with Crippen molar-refractivity contribution < 1.29 is 17.9 Å². The van der Waals surface area contributed by atoms with Crippen LogP contribution in [0.1, 0.15) is 37.3 Å². The Morgan fingerprint density at radius 2 is 1.39 bits per heavy atom. The van der Waals surface area contributed by atoms with E-state index < -0.39 is 11.6 Å². The Bertz CT molecular complexity index is 1310. The van der Waals surface area contributed by atoms with Crippen molar-refractivity contribution in [1.82, 2.24) is 0 Å². The molecular formula is C29H23F3O. The summed E-state index contributed by atoms with van der Waals surface area (Å²) in [6, 6.07) is 19.4. The molecule has 0 spiro atoms. The van der Waals surface area contributed by atoms with E-state index in [0.29, 0.717) is 23.3 Å². The summed E-state index contributed by atoms with van der Waals surface area (Å²) < 4.78 is 48.4. The van der Waals surface area contributed by atoms with Gasteiger partial charge in [-0.1, -0.05) is 55.9 Å². The predicted molar refractivity (Wildman–Crippen MR) is 127 cm³/mol. The van der Waals surface area contributed by atoms with Crippen LogP contribution in [0.2, 0.25) is 0 Å². The molecule has 0 aliphatic rings. The molecule has 0 atom stereocenters. The smallest absolute Gasteiger partial charge is 0.142 e. The molecule has 0 saturated heterocycles. The summed E-state index contributed by atoms with van der Waals surface area (Å²) in [7, 11) is 0. The molecule has 4 aromatic carbocycles. The average molecular weight is 444 g/mol. The number of hydrogen-bond donors (Lipinski definition) is 0. The maximum Gasteiger partial charge on any atom is 0.142 e. The van der Waals surface area contributed by atoms with Crippen LogP contribution in [0.5, 0.6) is 5.75 Å². The highest BCUT2D eigenvalue weighted by molar-refractivity contribution is 5.84. The standard InChI is InChI=1S/C29H23F3O/c1-2-3-4-15-33-26-12-9-21(10-13-26)24-18-28(31)27(29(32)19-24)14-6-20-5-7-23-17-25(30)11-8-22(23)16-20/h5,7-13,16-19H,2-4,15H2,1H3. The first-order valence-corrected chi connectivity index (χ1v) is 11.0. The van der Waals surface area contributed by atoms with E-state index in [1.807, 2.05) is 0 Å². The van der Waals surface area contributed by atoms with Gasteiger partial charge in [0.15, 0.2) is 0 Å². The van der Waals surface area contributed by atoms with E-state index in [1.54, 1.807) is 48.5 Å². The molecule has 0 fully saturated rings. The van der Waals surface area contributed by atoms with Crippen molar-refractivity contribution >= 4 is 10.8 Å². The third-order valence-corrected chi connectivity index (χ3v) is 5.38. The van der Waals surface area contributed by atoms with Gasteiger partial charge in [-0.3, -0.25) is 0 Å². The van der Waals surface area contributed by atoms with Gasteiger partial charge in [0.1, 0.15) is 23.2 Å². The molecule has 4 aromatic rings. The number of rotatable bonds is 6. The lowest BCUT2D eigenvalue weighted by Gasteiger charge is -2.08. The van der Waals surface area contributed by atoms with Crippen LogP contribution < -0.4 is 4.74 Å². The molecule has 0 amide bonds. The van der Waals surface area contributed by atoms with Crippen LogP contribution >= 0.6 is 0 Å². The molecule has 0 unspecified atom stereocenters. The molecule has 0 heterocycles. The van der Waals surface area contributed by atoms with Crippen molar-refractivity contribution in [3.63, 3.8) is 0 Å². The molecule has 33 heavy (non-hydrogen) atoms. The number of ether oxygens (including phenoxy) is 1. The summed E-state index contributed by atoms with van der Waals surface area (Å²) in [5, 5.41) is 1.54. The fourth-order valence-corrected chi connectivity index (χ4v) is 3.57. The van der Waals surface area contributed by atoms with Gasteiger partial charge < -0.3 is 4.74 Å². The predicted octanol–water partition coefficient (Wildman–Crippen LogP) is 7.89. The Hall–Kier alpha value is -3.71. The summed E-state index contributed by atoms with van der Waals surface area (Å²) in [5.74, 6) is 4.37. The Kier molecular flexibility index (Phi) is 7.00. The van der Waals surface area contributed by atoms with Crippen LogP contribution in [-0.4, -0.2) is 6.61 Å². The van der Waals surface area contributed by atoms with Crippen molar-refractivity contribution in [2.24, 2.45) is 0 Å². The van der Waals surface area contributed by atoms with Gasteiger partial charge in [-0.15, -0.1) is 0 Å². The lowest BCUT2D eigenvalue weighted by molar-refractivity contribution is 0.306. The fraction of sp³-hybridized carbons (Fsp3) is 0.172. The summed E-state index contributed by atoms with van der Waals surface area (Å²) >= 11 is 0. The second-order valence-electron chi connectivity index (χ2n) is 7.85. The lowest BCUT2D eigenvalue weighted by Crippen LogP contribution is -1.97. The van der Waals surface area contributed by atoms with E-state index in [2.05, 4.69) is 18.8 Å². The summed E-state index contributed by atoms with van der Waals surface area (Å²) in [6.07, 6.45) is 3.24. The monoisotopic (exact) mass is 444 g/mol. The SMILES string of the molecule is CCCCCOc1ccc(-c2cc(F)c(C#Cc3ccc4cc(F)ccc4c3)c(F)c2)cc1. The number of benzene rings is 4. The zero-order chi connectivity index (χ0) is 23.2. The van der Waals surface area contributed by atoms with Crippen molar-refractivity contribution in [1.29, 1.82) is 0 Å². The first-order chi connectivity index (χ1) is 16.0. The van der Waals surface area contributed by atoms with Crippen LogP contribution in [0, 0.1) is 29.3 Å². The minimum absolute atomic E-state index is 0.283. The molecule has 4 heteroatoms. The quantitative estimate of drug-likeness (QED) is 0.217. The van der Waals surface area contributed by atoms with Gasteiger partial charge in [0, 0.05) is 5.56 Å². The van der Waals surface area contributed by atoms with Crippen LogP contribution in [0.25, 0.3) is 21.9 Å². The van der Waals surface area contributed by atoms with Gasteiger partial charge in [-0.25, -0.2) is 13.2 Å². The van der Waals surface area contributed by atoms with Gasteiger partial charge in [-0.05, 0) is 76.9 Å². The van der Waals surface area contributed by atoms with Gasteiger partial charge >= 0.3 is 0 Å². The first kappa shape index (κ1) is 22.5. The van der Waals surface area contributed by atoms with E-state index in [1.165, 1.54) is 24.3 Å². The molecule has 0 saturated carbocycles. The minimum Gasteiger partial charge on any atom is -0.494 e. The molecule has 1 nitrogen and oxygen atoms in total. The lowest BCUT2D eigenvalue weighted by atomic mass is 10.0. The average Bonchev–Trinajstić information content (AvgIpc) is 2.81. The van der Waals surface area contributed by atoms with Gasteiger partial charge in [-0.2, -0.15) is 0 Å². The largest absolute Gasteiger partial charge is 0.494 e. The van der Waals surface area contributed by atoms with E-state index in [9.17, 15) is 13.2 Å². The third kappa shape index (κ3) is 5.56. The molecule has 0 aliphatic carbocycles. The van der Waals surface area contributed by atoms with Crippen molar-refractivity contribution in [3.05, 3.63) is 101 Å². The normalized spacial score (nSPS) is 10.7. The van der Waals surface area contributed by atoms with E-state index in [0.717, 1.165) is 35.8 Å². The Labute approximate surface area is 191 Å². The van der Waals surface area contributed by atoms with Crippen LogP contribution in [0.4, 0.5) is 13.2 Å². The fourth-order valence-electron chi connectivity index (χ4n) is 3.57. The number of fused-ring (bicyclic) bond motifs is 1. The van der Waals surface area contributed by atoms with Gasteiger partial charge in [0.25, 0.3) is 0 Å². The molecule has 0 radical (unpaired) electrons.